The Balaban J connectivity index is 1.40. The number of aromatic amines is 1. The Morgan fingerprint density at radius 3 is 2.14 bits per heavy atom. The van der Waals surface area contributed by atoms with E-state index in [-0.39, 0.29) is 17.9 Å². The summed E-state index contributed by atoms with van der Waals surface area (Å²) in [5.74, 6) is -0.221. The first kappa shape index (κ1) is 23.0. The number of tetrazole rings is 1. The van der Waals surface area contributed by atoms with Gasteiger partial charge in [0, 0.05) is 26.6 Å². The zero-order valence-corrected chi connectivity index (χ0v) is 20.3. The van der Waals surface area contributed by atoms with Gasteiger partial charge in [-0.25, -0.2) is 4.98 Å². The molecule has 0 aliphatic heterocycles. The van der Waals surface area contributed by atoms with Crippen LogP contribution in [0.15, 0.2) is 78.2 Å². The molecule has 2 aromatic heterocycles. The van der Waals surface area contributed by atoms with E-state index < -0.39 is 0 Å². The largest absolute Gasteiger partial charge is 0.351 e. The van der Waals surface area contributed by atoms with Gasteiger partial charge in [0.05, 0.1) is 11.7 Å². The Labute approximate surface area is 214 Å². The van der Waals surface area contributed by atoms with Gasteiger partial charge >= 0.3 is 0 Å². The summed E-state index contributed by atoms with van der Waals surface area (Å²) in [7, 11) is 0. The fraction of sp³-hybridized carbons (Fsp3) is 0.0417. The zero-order valence-electron chi connectivity index (χ0n) is 17.9. The van der Waals surface area contributed by atoms with Crippen molar-refractivity contribution in [2.75, 3.05) is 10.6 Å². The second kappa shape index (κ2) is 10.2. The molecule has 0 saturated heterocycles. The predicted octanol–water partition coefficient (Wildman–Crippen LogP) is 6.08. The summed E-state index contributed by atoms with van der Waals surface area (Å²) in [5, 5.41) is 23.4. The molecule has 0 spiro atoms. The van der Waals surface area contributed by atoms with Crippen molar-refractivity contribution in [1.29, 1.82) is 0 Å². The minimum atomic E-state index is -0.332. The maximum absolute atomic E-state index is 12.5. The van der Waals surface area contributed by atoms with Gasteiger partial charge in [0.2, 0.25) is 0 Å². The van der Waals surface area contributed by atoms with Gasteiger partial charge in [0.15, 0.2) is 5.13 Å². The van der Waals surface area contributed by atoms with E-state index in [2.05, 4.69) is 31.3 Å². The van der Waals surface area contributed by atoms with E-state index >= 15 is 0 Å². The number of aromatic nitrogens is 5. The van der Waals surface area contributed by atoms with E-state index in [0.717, 1.165) is 27.5 Å². The van der Waals surface area contributed by atoms with Crippen LogP contribution in [0.2, 0.25) is 10.0 Å². The van der Waals surface area contributed by atoms with Crippen molar-refractivity contribution < 1.29 is 4.79 Å². The molecule has 0 aliphatic rings. The summed E-state index contributed by atoms with van der Waals surface area (Å²) < 4.78 is 0. The van der Waals surface area contributed by atoms with E-state index in [1.807, 2.05) is 66.0 Å². The lowest BCUT2D eigenvalue weighted by molar-refractivity contribution is 0.102. The predicted molar refractivity (Wildman–Crippen MR) is 138 cm³/mol. The van der Waals surface area contributed by atoms with Crippen LogP contribution in [0.25, 0.3) is 11.3 Å². The average Bonchev–Trinajstić information content (AvgIpc) is 3.56. The quantitative estimate of drug-likeness (QED) is 0.239. The Kier molecular flexibility index (Phi) is 6.71. The summed E-state index contributed by atoms with van der Waals surface area (Å²) in [6.07, 6.45) is 0. The second-order valence-corrected chi connectivity index (χ2v) is 9.22. The normalized spacial score (nSPS) is 11.7. The zero-order chi connectivity index (χ0) is 24.2. The van der Waals surface area contributed by atoms with Gasteiger partial charge in [-0.05, 0) is 52.7 Å². The van der Waals surface area contributed by atoms with Gasteiger partial charge in [0.1, 0.15) is 0 Å². The van der Waals surface area contributed by atoms with E-state index in [1.165, 1.54) is 11.3 Å². The monoisotopic (exact) mass is 521 g/mol. The molecular formula is C24H17Cl2N7OS. The van der Waals surface area contributed by atoms with Gasteiger partial charge < -0.3 is 5.32 Å². The Bertz CT molecular complexity index is 1420. The van der Waals surface area contributed by atoms with Gasteiger partial charge in [-0.1, -0.05) is 64.7 Å². The maximum atomic E-state index is 12.5. The Morgan fingerprint density at radius 1 is 0.886 bits per heavy atom. The van der Waals surface area contributed by atoms with E-state index in [4.69, 9.17) is 28.2 Å². The molecule has 35 heavy (non-hydrogen) atoms. The topological polar surface area (TPSA) is 108 Å². The molecule has 0 bridgehead atoms. The van der Waals surface area contributed by atoms with Crippen molar-refractivity contribution in [3.8, 4) is 11.3 Å². The lowest BCUT2D eigenvalue weighted by atomic mass is 9.97. The number of benzene rings is 3. The first-order valence-corrected chi connectivity index (χ1v) is 12.1. The summed E-state index contributed by atoms with van der Waals surface area (Å²) in [5.41, 5.74) is 4.26. The highest BCUT2D eigenvalue weighted by molar-refractivity contribution is 7.14. The number of nitrogens with zero attached hydrogens (tertiary/aromatic N) is 4. The van der Waals surface area contributed by atoms with Gasteiger partial charge in [-0.3, -0.25) is 10.1 Å². The number of thiazole rings is 1. The third-order valence-corrected chi connectivity index (χ3v) is 6.47. The van der Waals surface area contributed by atoms with Gasteiger partial charge in [-0.15, -0.1) is 16.4 Å². The second-order valence-electron chi connectivity index (χ2n) is 7.49. The number of nitrogens with one attached hydrogen (secondary N) is 3. The lowest BCUT2D eigenvalue weighted by Crippen LogP contribution is -2.15. The molecular weight excluding hydrogens is 505 g/mol. The third kappa shape index (κ3) is 5.48. The molecule has 1 unspecified atom stereocenters. The molecule has 0 radical (unpaired) electrons. The smallest absolute Gasteiger partial charge is 0.270 e. The number of halogens is 2. The van der Waals surface area contributed by atoms with Crippen molar-refractivity contribution in [2.24, 2.45) is 0 Å². The lowest BCUT2D eigenvalue weighted by Gasteiger charge is -2.20. The van der Waals surface area contributed by atoms with Crippen molar-refractivity contribution in [3.05, 3.63) is 105 Å². The average molecular weight is 522 g/mol. The highest BCUT2D eigenvalue weighted by Crippen LogP contribution is 2.32. The number of rotatable bonds is 7. The fourth-order valence-corrected chi connectivity index (χ4v) is 4.45. The molecule has 11 heteroatoms. The number of carbonyl (C=O) groups excluding carboxylic acids is 1. The van der Waals surface area contributed by atoms with Crippen molar-refractivity contribution in [3.63, 3.8) is 0 Å². The summed E-state index contributed by atoms with van der Waals surface area (Å²) in [6.45, 7) is 0. The van der Waals surface area contributed by atoms with Crippen molar-refractivity contribution in [2.45, 2.75) is 6.04 Å². The molecule has 0 saturated carbocycles. The molecule has 0 fully saturated rings. The van der Waals surface area contributed by atoms with Crippen LogP contribution >= 0.6 is 34.5 Å². The molecule has 1 atom stereocenters. The number of H-pyrrole nitrogens is 1. The molecule has 3 N–H and O–H groups in total. The molecule has 0 aliphatic carbocycles. The van der Waals surface area contributed by atoms with Crippen LogP contribution in [-0.4, -0.2) is 31.5 Å². The molecule has 8 nitrogen and oxygen atoms in total. The van der Waals surface area contributed by atoms with E-state index in [1.54, 1.807) is 12.1 Å². The molecule has 5 aromatic rings. The summed E-state index contributed by atoms with van der Waals surface area (Å²) >= 11 is 13.6. The SMILES string of the molecule is O=C(Nc1nn[nH]n1)c1ccc(C(Nc2nc(-c3ccc(Cl)cc3)cs2)c2ccc(Cl)cc2)cc1. The summed E-state index contributed by atoms with van der Waals surface area (Å²) in [4.78, 5) is 17.2. The maximum Gasteiger partial charge on any atom is 0.270 e. The minimum absolute atomic E-state index is 0.111. The number of hydrogen-bond donors (Lipinski definition) is 3. The van der Waals surface area contributed by atoms with Crippen LogP contribution in [0.5, 0.6) is 0 Å². The fourth-order valence-electron chi connectivity index (χ4n) is 3.45. The minimum Gasteiger partial charge on any atom is -0.351 e. The first-order chi connectivity index (χ1) is 17.0. The Hall–Kier alpha value is -3.79. The van der Waals surface area contributed by atoms with Crippen LogP contribution in [0, 0.1) is 0 Å². The first-order valence-electron chi connectivity index (χ1n) is 10.4. The van der Waals surface area contributed by atoms with Crippen LogP contribution in [0.1, 0.15) is 27.5 Å². The molecule has 3 aromatic carbocycles. The number of carbonyl (C=O) groups is 1. The molecule has 1 amide bonds. The summed E-state index contributed by atoms with van der Waals surface area (Å²) in [6, 6.07) is 22.3. The molecule has 2 heterocycles. The Morgan fingerprint density at radius 2 is 1.51 bits per heavy atom. The molecule has 174 valence electrons. The standard InChI is InChI=1S/C24H17Cl2N7OS/c25-18-9-5-14(6-10-18)20-13-35-24(27-20)28-21(16-7-11-19(26)12-8-16)15-1-3-17(4-2-15)22(34)29-23-30-32-33-31-23/h1-13,21H,(H,27,28)(H2,29,30,31,32,33,34). The number of anilines is 2. The highest BCUT2D eigenvalue weighted by atomic mass is 35.5. The van der Waals surface area contributed by atoms with Crippen LogP contribution in [-0.2, 0) is 0 Å². The van der Waals surface area contributed by atoms with Crippen LogP contribution < -0.4 is 10.6 Å². The van der Waals surface area contributed by atoms with Crippen LogP contribution in [0.4, 0.5) is 11.1 Å². The highest BCUT2D eigenvalue weighted by Gasteiger charge is 2.18. The van der Waals surface area contributed by atoms with Crippen molar-refractivity contribution >= 4 is 51.5 Å². The van der Waals surface area contributed by atoms with Gasteiger partial charge in [-0.2, -0.15) is 5.21 Å². The van der Waals surface area contributed by atoms with E-state index in [0.29, 0.717) is 15.6 Å². The van der Waals surface area contributed by atoms with E-state index in [9.17, 15) is 4.79 Å². The van der Waals surface area contributed by atoms with Crippen LogP contribution in [0.3, 0.4) is 0 Å². The third-order valence-electron chi connectivity index (χ3n) is 5.19. The van der Waals surface area contributed by atoms with Crippen molar-refractivity contribution in [1.82, 2.24) is 25.6 Å². The van der Waals surface area contributed by atoms with Gasteiger partial charge in [0.25, 0.3) is 11.9 Å². The number of hydrogen-bond acceptors (Lipinski definition) is 7. The number of amides is 1. The molecule has 5 rings (SSSR count).